The first-order valence-corrected chi connectivity index (χ1v) is 8.26. The van der Waals surface area contributed by atoms with E-state index in [1.54, 1.807) is 24.3 Å². The maximum atomic E-state index is 12.8. The van der Waals surface area contributed by atoms with E-state index in [2.05, 4.69) is 10.2 Å². The number of aliphatic hydroxyl groups excluding tert-OH is 1. The van der Waals surface area contributed by atoms with E-state index in [0.29, 0.717) is 12.2 Å². The molecule has 1 aromatic heterocycles. The zero-order valence-electron chi connectivity index (χ0n) is 11.9. The van der Waals surface area contributed by atoms with E-state index in [1.165, 1.54) is 10.5 Å². The minimum absolute atomic E-state index is 0.0510. The first-order chi connectivity index (χ1) is 10.1. The van der Waals surface area contributed by atoms with Gasteiger partial charge >= 0.3 is 0 Å². The first kappa shape index (κ1) is 15.5. The number of hydrogen-bond donors (Lipinski definition) is 2. The zero-order chi connectivity index (χ0) is 15.3. The molecule has 1 heterocycles. The van der Waals surface area contributed by atoms with Gasteiger partial charge in [-0.05, 0) is 18.6 Å². The van der Waals surface area contributed by atoms with Gasteiger partial charge in [-0.1, -0.05) is 31.5 Å². The Kier molecular flexibility index (Phi) is 4.98. The zero-order valence-corrected chi connectivity index (χ0v) is 12.7. The van der Waals surface area contributed by atoms with Gasteiger partial charge in [0.25, 0.3) is 10.0 Å². The van der Waals surface area contributed by atoms with Crippen molar-refractivity contribution < 1.29 is 13.5 Å². The third-order valence-electron chi connectivity index (χ3n) is 3.16. The highest BCUT2D eigenvalue weighted by Crippen LogP contribution is 2.24. The summed E-state index contributed by atoms with van der Waals surface area (Å²) in [6, 6.07) is 8.93. The van der Waals surface area contributed by atoms with Crippen molar-refractivity contribution >= 4 is 15.7 Å². The molecule has 0 aliphatic rings. The molecule has 0 aliphatic heterocycles. The van der Waals surface area contributed by atoms with E-state index in [9.17, 15) is 13.5 Å². The van der Waals surface area contributed by atoms with Crippen LogP contribution in [0.2, 0.25) is 0 Å². The topological polar surface area (TPSA) is 86.3 Å². The monoisotopic (exact) mass is 309 g/mol. The lowest BCUT2D eigenvalue weighted by Gasteiger charge is -2.24. The largest absolute Gasteiger partial charge is 0.392 e. The lowest BCUT2D eigenvalue weighted by atomic mass is 10.3. The van der Waals surface area contributed by atoms with Crippen LogP contribution in [0.15, 0.2) is 41.6 Å². The molecule has 2 N–H and O–H groups in total. The molecule has 0 saturated heterocycles. The number of para-hydroxylation sites is 1. The fourth-order valence-corrected chi connectivity index (χ4v) is 3.64. The molecule has 1 aromatic carbocycles. The summed E-state index contributed by atoms with van der Waals surface area (Å²) in [5, 5.41) is 15.4. The summed E-state index contributed by atoms with van der Waals surface area (Å²) in [5.74, 6) is 0. The standard InChI is InChI=1S/C14H19N3O3S/c1-2-3-9-17(13-7-5-4-6-8-13)21(19,20)14-12(11-18)10-15-16-14/h4-8,10,18H,2-3,9,11H2,1H3,(H,15,16). The Labute approximate surface area is 124 Å². The maximum absolute atomic E-state index is 12.8. The van der Waals surface area contributed by atoms with E-state index in [-0.39, 0.29) is 17.2 Å². The number of aliphatic hydroxyl groups is 1. The summed E-state index contributed by atoms with van der Waals surface area (Å²) in [6.45, 7) is 2.01. The van der Waals surface area contributed by atoms with E-state index in [1.807, 2.05) is 13.0 Å². The number of nitrogens with zero attached hydrogens (tertiary/aromatic N) is 2. The summed E-state index contributed by atoms with van der Waals surface area (Å²) in [6.07, 6.45) is 2.96. The van der Waals surface area contributed by atoms with Crippen LogP contribution < -0.4 is 4.31 Å². The Morgan fingerprint density at radius 3 is 2.62 bits per heavy atom. The molecule has 0 saturated carbocycles. The molecule has 0 atom stereocenters. The van der Waals surface area contributed by atoms with Gasteiger partial charge in [0.1, 0.15) is 0 Å². The number of nitrogens with one attached hydrogen (secondary N) is 1. The first-order valence-electron chi connectivity index (χ1n) is 6.82. The molecule has 0 amide bonds. The molecule has 7 heteroatoms. The third kappa shape index (κ3) is 3.25. The van der Waals surface area contributed by atoms with Crippen molar-refractivity contribution in [2.45, 2.75) is 31.4 Å². The number of anilines is 1. The summed E-state index contributed by atoms with van der Waals surface area (Å²) >= 11 is 0. The smallest absolute Gasteiger partial charge is 0.281 e. The number of unbranched alkanes of at least 4 members (excludes halogenated alkanes) is 1. The number of rotatable bonds is 7. The minimum atomic E-state index is -3.77. The predicted molar refractivity (Wildman–Crippen MR) is 80.4 cm³/mol. The van der Waals surface area contributed by atoms with Crippen LogP contribution >= 0.6 is 0 Å². The van der Waals surface area contributed by atoms with Crippen LogP contribution in [-0.4, -0.2) is 30.3 Å². The summed E-state index contributed by atoms with van der Waals surface area (Å²) in [7, 11) is -3.77. The molecule has 6 nitrogen and oxygen atoms in total. The second-order valence-electron chi connectivity index (χ2n) is 4.65. The van der Waals surface area contributed by atoms with Crippen molar-refractivity contribution in [2.24, 2.45) is 0 Å². The van der Waals surface area contributed by atoms with Crippen molar-refractivity contribution in [3.63, 3.8) is 0 Å². The van der Waals surface area contributed by atoms with Crippen molar-refractivity contribution in [1.82, 2.24) is 10.2 Å². The summed E-state index contributed by atoms with van der Waals surface area (Å²) in [5.41, 5.74) is 0.872. The Balaban J connectivity index is 2.45. The molecular weight excluding hydrogens is 290 g/mol. The molecule has 0 unspecified atom stereocenters. The highest BCUT2D eigenvalue weighted by atomic mass is 32.2. The van der Waals surface area contributed by atoms with Crippen molar-refractivity contribution in [3.05, 3.63) is 42.1 Å². The fraction of sp³-hybridized carbons (Fsp3) is 0.357. The van der Waals surface area contributed by atoms with E-state index in [0.717, 1.165) is 12.8 Å². The van der Waals surface area contributed by atoms with E-state index >= 15 is 0 Å². The number of aromatic amines is 1. The van der Waals surface area contributed by atoms with Crippen molar-refractivity contribution in [2.75, 3.05) is 10.8 Å². The van der Waals surface area contributed by atoms with Gasteiger partial charge in [-0.25, -0.2) is 0 Å². The highest BCUT2D eigenvalue weighted by molar-refractivity contribution is 7.92. The average molecular weight is 309 g/mol. The SMILES string of the molecule is CCCCN(c1ccccc1)S(=O)(=O)c1[nH]ncc1CO. The lowest BCUT2D eigenvalue weighted by Crippen LogP contribution is -2.32. The van der Waals surface area contributed by atoms with E-state index < -0.39 is 10.0 Å². The fourth-order valence-electron chi connectivity index (χ4n) is 2.03. The van der Waals surface area contributed by atoms with Gasteiger partial charge < -0.3 is 5.11 Å². The second-order valence-corrected chi connectivity index (χ2v) is 6.45. The summed E-state index contributed by atoms with van der Waals surface area (Å²) in [4.78, 5) is 0. The van der Waals surface area contributed by atoms with Crippen LogP contribution in [-0.2, 0) is 16.6 Å². The molecule has 0 aliphatic carbocycles. The maximum Gasteiger partial charge on any atom is 0.281 e. The second kappa shape index (κ2) is 6.73. The van der Waals surface area contributed by atoms with Gasteiger partial charge in [0.2, 0.25) is 0 Å². The quantitative estimate of drug-likeness (QED) is 0.818. The molecular formula is C14H19N3O3S. The molecule has 0 spiro atoms. The molecule has 2 rings (SSSR count). The molecule has 0 radical (unpaired) electrons. The van der Waals surface area contributed by atoms with Crippen LogP contribution in [0.3, 0.4) is 0 Å². The number of sulfonamides is 1. The predicted octanol–water partition coefficient (Wildman–Crippen LogP) is 1.90. The molecule has 21 heavy (non-hydrogen) atoms. The number of benzene rings is 1. The van der Waals surface area contributed by atoms with Crippen LogP contribution in [0.25, 0.3) is 0 Å². The van der Waals surface area contributed by atoms with Gasteiger partial charge in [0.15, 0.2) is 5.03 Å². The van der Waals surface area contributed by atoms with Crippen molar-refractivity contribution in [3.8, 4) is 0 Å². The lowest BCUT2D eigenvalue weighted by molar-refractivity contribution is 0.278. The van der Waals surface area contributed by atoms with Gasteiger partial charge in [-0.15, -0.1) is 0 Å². The number of hydrogen-bond acceptors (Lipinski definition) is 4. The molecule has 114 valence electrons. The normalized spacial score (nSPS) is 11.5. The van der Waals surface area contributed by atoms with Crippen LogP contribution in [0.5, 0.6) is 0 Å². The third-order valence-corrected chi connectivity index (χ3v) is 5.00. The molecule has 0 bridgehead atoms. The van der Waals surface area contributed by atoms with Gasteiger partial charge in [0, 0.05) is 12.1 Å². The Bertz CT molecular complexity index is 668. The van der Waals surface area contributed by atoms with E-state index in [4.69, 9.17) is 0 Å². The average Bonchev–Trinajstić information content (AvgIpc) is 2.98. The van der Waals surface area contributed by atoms with Crippen LogP contribution in [0, 0.1) is 0 Å². The van der Waals surface area contributed by atoms with Gasteiger partial charge in [-0.3, -0.25) is 9.40 Å². The van der Waals surface area contributed by atoms with Crippen molar-refractivity contribution in [1.29, 1.82) is 0 Å². The van der Waals surface area contributed by atoms with Crippen LogP contribution in [0.1, 0.15) is 25.3 Å². The van der Waals surface area contributed by atoms with Gasteiger partial charge in [-0.2, -0.15) is 13.5 Å². The Hall–Kier alpha value is -1.86. The number of H-pyrrole nitrogens is 1. The van der Waals surface area contributed by atoms with Gasteiger partial charge in [0.05, 0.1) is 18.5 Å². The minimum Gasteiger partial charge on any atom is -0.392 e. The number of aromatic nitrogens is 2. The highest BCUT2D eigenvalue weighted by Gasteiger charge is 2.28. The Morgan fingerprint density at radius 1 is 1.29 bits per heavy atom. The summed E-state index contributed by atoms with van der Waals surface area (Å²) < 4.78 is 27.0. The van der Waals surface area contributed by atoms with Crippen LogP contribution in [0.4, 0.5) is 5.69 Å². The molecule has 0 fully saturated rings. The Morgan fingerprint density at radius 2 is 2.00 bits per heavy atom. The molecule has 2 aromatic rings.